The van der Waals surface area contributed by atoms with Gasteiger partial charge < -0.3 is 31.5 Å². The largest absolute Gasteiger partial charge is 0.480 e. The molecule has 1 saturated heterocycles. The summed E-state index contributed by atoms with van der Waals surface area (Å²) in [6.45, 7) is 2.58. The van der Waals surface area contributed by atoms with Gasteiger partial charge in [-0.05, 0) is 26.7 Å². The normalized spacial score (nSPS) is 20.8. The third kappa shape index (κ3) is 5.17. The first kappa shape index (κ1) is 19.8. The molecule has 0 bridgehead atoms. The van der Waals surface area contributed by atoms with Crippen LogP contribution in [0, 0.1) is 0 Å². The van der Waals surface area contributed by atoms with Gasteiger partial charge in [0.15, 0.2) is 0 Å². The van der Waals surface area contributed by atoms with Crippen molar-refractivity contribution in [2.75, 3.05) is 13.1 Å². The average molecular weight is 344 g/mol. The molecule has 3 amide bonds. The van der Waals surface area contributed by atoms with E-state index in [1.165, 1.54) is 18.7 Å². The molecule has 6 N–H and O–H groups in total. The first-order chi connectivity index (χ1) is 11.1. The number of aliphatic carboxylic acids is 1. The van der Waals surface area contributed by atoms with Crippen LogP contribution in [0.15, 0.2) is 0 Å². The van der Waals surface area contributed by atoms with Gasteiger partial charge in [-0.25, -0.2) is 0 Å². The number of rotatable bonds is 7. The average Bonchev–Trinajstić information content (AvgIpc) is 2.98. The van der Waals surface area contributed by atoms with Crippen LogP contribution in [0.5, 0.6) is 0 Å². The zero-order valence-electron chi connectivity index (χ0n) is 13.7. The van der Waals surface area contributed by atoms with Crippen LogP contribution in [0.2, 0.25) is 0 Å². The van der Waals surface area contributed by atoms with Crippen LogP contribution < -0.4 is 16.4 Å². The van der Waals surface area contributed by atoms with Crippen molar-refractivity contribution in [3.8, 4) is 0 Å². The molecule has 10 nitrogen and oxygen atoms in total. The maximum Gasteiger partial charge on any atom is 0.322 e. The van der Waals surface area contributed by atoms with Gasteiger partial charge in [0.1, 0.15) is 18.6 Å². The van der Waals surface area contributed by atoms with Crippen LogP contribution >= 0.6 is 0 Å². The summed E-state index contributed by atoms with van der Waals surface area (Å²) in [7, 11) is 0. The fraction of sp³-hybridized carbons (Fsp3) is 0.714. The van der Waals surface area contributed by atoms with Crippen molar-refractivity contribution >= 4 is 23.7 Å². The molecule has 0 spiro atoms. The molecule has 4 unspecified atom stereocenters. The molecule has 0 aromatic heterocycles. The number of nitrogens with two attached hydrogens (primary N) is 1. The number of nitrogens with zero attached hydrogens (tertiary/aromatic N) is 1. The van der Waals surface area contributed by atoms with Crippen LogP contribution in [0.1, 0.15) is 26.7 Å². The van der Waals surface area contributed by atoms with E-state index in [0.29, 0.717) is 19.4 Å². The zero-order chi connectivity index (χ0) is 18.4. The molecule has 0 radical (unpaired) electrons. The van der Waals surface area contributed by atoms with E-state index in [1.54, 1.807) is 0 Å². The van der Waals surface area contributed by atoms with Crippen molar-refractivity contribution in [3.05, 3.63) is 0 Å². The minimum atomic E-state index is -1.32. The summed E-state index contributed by atoms with van der Waals surface area (Å²) < 4.78 is 0. The highest BCUT2D eigenvalue weighted by atomic mass is 16.4. The van der Waals surface area contributed by atoms with Crippen molar-refractivity contribution in [1.29, 1.82) is 0 Å². The smallest absolute Gasteiger partial charge is 0.322 e. The van der Waals surface area contributed by atoms with Crippen LogP contribution in [-0.4, -0.2) is 76.1 Å². The van der Waals surface area contributed by atoms with Gasteiger partial charge in [-0.2, -0.15) is 0 Å². The van der Waals surface area contributed by atoms with Gasteiger partial charge >= 0.3 is 5.97 Å². The highest BCUT2D eigenvalue weighted by molar-refractivity contribution is 5.94. The lowest BCUT2D eigenvalue weighted by atomic mass is 10.1. The fourth-order valence-electron chi connectivity index (χ4n) is 2.49. The maximum absolute atomic E-state index is 12.4. The van der Waals surface area contributed by atoms with Crippen molar-refractivity contribution < 1.29 is 29.4 Å². The lowest BCUT2D eigenvalue weighted by molar-refractivity contribution is -0.141. The Morgan fingerprint density at radius 2 is 1.92 bits per heavy atom. The van der Waals surface area contributed by atoms with Crippen LogP contribution in [0.3, 0.4) is 0 Å². The van der Waals surface area contributed by atoms with Gasteiger partial charge in [-0.15, -0.1) is 0 Å². The SMILES string of the molecule is CC(N)C(=O)N1CCCC1C(=O)NC(C(=O)NCC(=O)O)C(C)O. The molecule has 10 heteroatoms. The molecule has 0 aromatic rings. The Morgan fingerprint density at radius 3 is 2.42 bits per heavy atom. The first-order valence-electron chi connectivity index (χ1n) is 7.69. The lowest BCUT2D eigenvalue weighted by Gasteiger charge is -2.28. The molecular weight excluding hydrogens is 320 g/mol. The summed E-state index contributed by atoms with van der Waals surface area (Å²) in [6.07, 6.45) is -0.184. The van der Waals surface area contributed by atoms with Crippen molar-refractivity contribution in [2.24, 2.45) is 5.73 Å². The lowest BCUT2D eigenvalue weighted by Crippen LogP contribution is -2.58. The Labute approximate surface area is 139 Å². The molecule has 24 heavy (non-hydrogen) atoms. The van der Waals surface area contributed by atoms with E-state index in [-0.39, 0.29) is 5.91 Å². The van der Waals surface area contributed by atoms with Gasteiger partial charge in [0.2, 0.25) is 17.7 Å². The predicted molar refractivity (Wildman–Crippen MR) is 82.6 cm³/mol. The monoisotopic (exact) mass is 344 g/mol. The molecule has 0 aromatic carbocycles. The second kappa shape index (κ2) is 8.60. The number of aliphatic hydroxyl groups excluding tert-OH is 1. The summed E-state index contributed by atoms with van der Waals surface area (Å²) in [5.74, 6) is -3.01. The number of amides is 3. The highest BCUT2D eigenvalue weighted by Crippen LogP contribution is 2.18. The molecule has 1 fully saturated rings. The number of likely N-dealkylation sites (tertiary alicyclic amines) is 1. The molecular formula is C14H24N4O6. The van der Waals surface area contributed by atoms with Gasteiger partial charge in [0.05, 0.1) is 12.1 Å². The number of carboxylic acids is 1. The minimum Gasteiger partial charge on any atom is -0.480 e. The zero-order valence-corrected chi connectivity index (χ0v) is 13.7. The summed E-state index contributed by atoms with van der Waals surface area (Å²) in [6, 6.07) is -2.83. The third-order valence-electron chi connectivity index (χ3n) is 3.70. The van der Waals surface area contributed by atoms with Gasteiger partial charge in [0.25, 0.3) is 0 Å². The number of carbonyl (C=O) groups is 4. The minimum absolute atomic E-state index is 0.364. The molecule has 1 rings (SSSR count). The third-order valence-corrected chi connectivity index (χ3v) is 3.70. The quantitative estimate of drug-likeness (QED) is 0.338. The Balaban J connectivity index is 2.75. The molecule has 1 aliphatic rings. The van der Waals surface area contributed by atoms with Crippen molar-refractivity contribution in [1.82, 2.24) is 15.5 Å². The summed E-state index contributed by atoms with van der Waals surface area (Å²) >= 11 is 0. The summed E-state index contributed by atoms with van der Waals surface area (Å²) in [5, 5.41) is 22.7. The maximum atomic E-state index is 12.4. The predicted octanol–water partition coefficient (Wildman–Crippen LogP) is -2.61. The van der Waals surface area contributed by atoms with Crippen LogP contribution in [0.4, 0.5) is 0 Å². The molecule has 0 aliphatic carbocycles. The van der Waals surface area contributed by atoms with E-state index >= 15 is 0 Å². The van der Waals surface area contributed by atoms with Crippen molar-refractivity contribution in [3.63, 3.8) is 0 Å². The number of hydrogen-bond acceptors (Lipinski definition) is 6. The van der Waals surface area contributed by atoms with E-state index in [4.69, 9.17) is 10.8 Å². The second-order valence-corrected chi connectivity index (χ2v) is 5.82. The van der Waals surface area contributed by atoms with E-state index in [0.717, 1.165) is 0 Å². The van der Waals surface area contributed by atoms with Crippen molar-refractivity contribution in [2.45, 2.75) is 50.9 Å². The van der Waals surface area contributed by atoms with Gasteiger partial charge in [0, 0.05) is 6.54 Å². The number of aliphatic hydroxyl groups is 1. The summed E-state index contributed by atoms with van der Waals surface area (Å²) in [5.41, 5.74) is 5.56. The fourth-order valence-corrected chi connectivity index (χ4v) is 2.49. The van der Waals surface area contributed by atoms with E-state index in [1.807, 2.05) is 0 Å². The molecule has 136 valence electrons. The molecule has 1 aliphatic heterocycles. The van der Waals surface area contributed by atoms with Gasteiger partial charge in [-0.3, -0.25) is 19.2 Å². The Hall–Kier alpha value is -2.20. The number of carboxylic acid groups (broad SMARTS) is 1. The molecule has 4 atom stereocenters. The van der Waals surface area contributed by atoms with E-state index in [9.17, 15) is 24.3 Å². The molecule has 1 heterocycles. The Bertz CT molecular complexity index is 507. The van der Waals surface area contributed by atoms with Crippen LogP contribution in [-0.2, 0) is 19.2 Å². The standard InChI is InChI=1S/C14H24N4O6/c1-7(15)14(24)18-5-3-4-9(18)12(22)17-11(8(2)19)13(23)16-6-10(20)21/h7-9,11,19H,3-6,15H2,1-2H3,(H,16,23)(H,17,22)(H,20,21). The van der Waals surface area contributed by atoms with E-state index < -0.39 is 48.6 Å². The number of hydrogen-bond donors (Lipinski definition) is 5. The molecule has 0 saturated carbocycles. The first-order valence-corrected chi connectivity index (χ1v) is 7.69. The number of carbonyl (C=O) groups excluding carboxylic acids is 3. The Kier molecular flexibility index (Phi) is 7.11. The summed E-state index contributed by atoms with van der Waals surface area (Å²) in [4.78, 5) is 48.2. The van der Waals surface area contributed by atoms with E-state index in [2.05, 4.69) is 10.6 Å². The van der Waals surface area contributed by atoms with Crippen LogP contribution in [0.25, 0.3) is 0 Å². The second-order valence-electron chi connectivity index (χ2n) is 5.82. The van der Waals surface area contributed by atoms with Gasteiger partial charge in [-0.1, -0.05) is 0 Å². The highest BCUT2D eigenvalue weighted by Gasteiger charge is 2.37. The number of nitrogens with one attached hydrogen (secondary N) is 2. The Morgan fingerprint density at radius 1 is 1.29 bits per heavy atom. The topological polar surface area (TPSA) is 162 Å².